The molecule has 1 atom stereocenters. The molecular weight excluding hydrogens is 224 g/mol. The van der Waals surface area contributed by atoms with E-state index >= 15 is 0 Å². The number of hydrogen-bond acceptors (Lipinski definition) is 2. The third-order valence-corrected chi connectivity index (χ3v) is 3.31. The topological polar surface area (TPSA) is 32.3 Å². The fourth-order valence-electron chi connectivity index (χ4n) is 2.27. The van der Waals surface area contributed by atoms with E-state index in [2.05, 4.69) is 5.32 Å². The number of para-hydroxylation sites is 1. The van der Waals surface area contributed by atoms with E-state index in [4.69, 9.17) is 0 Å². The van der Waals surface area contributed by atoms with E-state index in [-0.39, 0.29) is 12.2 Å². The van der Waals surface area contributed by atoms with Crippen LogP contribution in [0.2, 0.25) is 0 Å². The molecule has 1 aliphatic rings. The summed E-state index contributed by atoms with van der Waals surface area (Å²) in [5, 5.41) is 12.5. The Morgan fingerprint density at radius 2 is 2.12 bits per heavy atom. The third kappa shape index (κ3) is 2.94. The standard InChI is InChI=1S/C13H17F2NO/c14-13(15,11-5-3-7-16-9-11)8-10-4-1-2-6-12(10)17/h1-2,4,6,11,16-17H,3,5,7-9H2. The summed E-state index contributed by atoms with van der Waals surface area (Å²) >= 11 is 0. The quantitative estimate of drug-likeness (QED) is 0.852. The molecular formula is C13H17F2NO. The lowest BCUT2D eigenvalue weighted by Crippen LogP contribution is -2.41. The number of alkyl halides is 2. The van der Waals surface area contributed by atoms with E-state index in [9.17, 15) is 13.9 Å². The first-order valence-electron chi connectivity index (χ1n) is 5.95. The van der Waals surface area contributed by atoms with Gasteiger partial charge in [-0.25, -0.2) is 8.78 Å². The van der Waals surface area contributed by atoms with Crippen molar-refractivity contribution in [3.8, 4) is 5.75 Å². The second-order valence-corrected chi connectivity index (χ2v) is 4.61. The van der Waals surface area contributed by atoms with Crippen LogP contribution < -0.4 is 5.32 Å². The van der Waals surface area contributed by atoms with Gasteiger partial charge in [0.2, 0.25) is 0 Å². The number of hydrogen-bond donors (Lipinski definition) is 2. The smallest absolute Gasteiger partial charge is 0.256 e. The van der Waals surface area contributed by atoms with Gasteiger partial charge in [0.05, 0.1) is 0 Å². The molecule has 0 aliphatic carbocycles. The Hall–Kier alpha value is -1.16. The van der Waals surface area contributed by atoms with E-state index in [0.29, 0.717) is 18.5 Å². The summed E-state index contributed by atoms with van der Waals surface area (Å²) in [7, 11) is 0. The van der Waals surface area contributed by atoms with Crippen molar-refractivity contribution in [3.63, 3.8) is 0 Å². The highest BCUT2D eigenvalue weighted by molar-refractivity contribution is 5.32. The van der Waals surface area contributed by atoms with Crippen LogP contribution in [0.3, 0.4) is 0 Å². The molecule has 17 heavy (non-hydrogen) atoms. The largest absolute Gasteiger partial charge is 0.508 e. The van der Waals surface area contributed by atoms with Crippen LogP contribution in [0.25, 0.3) is 0 Å². The molecule has 1 fully saturated rings. The molecule has 0 amide bonds. The highest BCUT2D eigenvalue weighted by Gasteiger charge is 2.40. The first-order chi connectivity index (χ1) is 8.09. The summed E-state index contributed by atoms with van der Waals surface area (Å²) in [5.74, 6) is -3.43. The average molecular weight is 241 g/mol. The van der Waals surface area contributed by atoms with Crippen molar-refractivity contribution in [2.75, 3.05) is 13.1 Å². The SMILES string of the molecule is Oc1ccccc1CC(F)(F)C1CCCNC1. The molecule has 1 saturated heterocycles. The van der Waals surface area contributed by atoms with Crippen LogP contribution in [-0.4, -0.2) is 24.1 Å². The highest BCUT2D eigenvalue weighted by Crippen LogP contribution is 2.34. The molecule has 1 aromatic carbocycles. The maximum absolute atomic E-state index is 14.0. The van der Waals surface area contributed by atoms with Crippen LogP contribution in [-0.2, 0) is 6.42 Å². The lowest BCUT2D eigenvalue weighted by Gasteiger charge is -2.30. The molecule has 1 aliphatic heterocycles. The first kappa shape index (κ1) is 12.3. The molecule has 0 spiro atoms. The Balaban J connectivity index is 2.08. The Morgan fingerprint density at radius 1 is 1.35 bits per heavy atom. The van der Waals surface area contributed by atoms with Gasteiger partial charge in [-0.05, 0) is 31.0 Å². The van der Waals surface area contributed by atoms with Gasteiger partial charge in [0.15, 0.2) is 0 Å². The van der Waals surface area contributed by atoms with E-state index < -0.39 is 11.8 Å². The van der Waals surface area contributed by atoms with Gasteiger partial charge in [-0.15, -0.1) is 0 Å². The van der Waals surface area contributed by atoms with Crippen LogP contribution >= 0.6 is 0 Å². The zero-order chi connectivity index (χ0) is 12.3. The Bertz CT molecular complexity index is 375. The van der Waals surface area contributed by atoms with Gasteiger partial charge >= 0.3 is 0 Å². The second-order valence-electron chi connectivity index (χ2n) is 4.61. The molecule has 94 valence electrons. The number of phenols is 1. The summed E-state index contributed by atoms with van der Waals surface area (Å²) in [6.07, 6.45) is 0.959. The average Bonchev–Trinajstić information content (AvgIpc) is 2.33. The van der Waals surface area contributed by atoms with Gasteiger partial charge in [-0.3, -0.25) is 0 Å². The summed E-state index contributed by atoms with van der Waals surface area (Å²) in [6, 6.07) is 6.31. The minimum Gasteiger partial charge on any atom is -0.508 e. The molecule has 1 heterocycles. The first-order valence-corrected chi connectivity index (χ1v) is 5.95. The summed E-state index contributed by atoms with van der Waals surface area (Å²) in [5.41, 5.74) is 0.322. The molecule has 1 aromatic rings. The molecule has 2 nitrogen and oxygen atoms in total. The lowest BCUT2D eigenvalue weighted by atomic mass is 9.89. The number of phenolic OH excluding ortho intramolecular Hbond substituents is 1. The van der Waals surface area contributed by atoms with Gasteiger partial charge in [0.25, 0.3) is 5.92 Å². The van der Waals surface area contributed by atoms with Gasteiger partial charge in [-0.2, -0.15) is 0 Å². The predicted octanol–water partition coefficient (Wildman–Crippen LogP) is 2.57. The molecule has 0 radical (unpaired) electrons. The summed E-state index contributed by atoms with van der Waals surface area (Å²) in [4.78, 5) is 0. The van der Waals surface area contributed by atoms with E-state index in [1.54, 1.807) is 18.2 Å². The lowest BCUT2D eigenvalue weighted by molar-refractivity contribution is -0.0650. The minimum absolute atomic E-state index is 0.0454. The molecule has 4 heteroatoms. The predicted molar refractivity (Wildman–Crippen MR) is 62.4 cm³/mol. The van der Waals surface area contributed by atoms with Crippen molar-refractivity contribution in [1.82, 2.24) is 5.32 Å². The minimum atomic E-state index is -2.76. The van der Waals surface area contributed by atoms with Crippen LogP contribution in [0.5, 0.6) is 5.75 Å². The molecule has 0 saturated carbocycles. The van der Waals surface area contributed by atoms with Crippen molar-refractivity contribution in [2.45, 2.75) is 25.2 Å². The maximum atomic E-state index is 14.0. The van der Waals surface area contributed by atoms with Gasteiger partial charge in [0.1, 0.15) is 5.75 Å². The van der Waals surface area contributed by atoms with E-state index in [0.717, 1.165) is 13.0 Å². The van der Waals surface area contributed by atoms with Crippen LogP contribution in [0, 0.1) is 5.92 Å². The Morgan fingerprint density at radius 3 is 2.76 bits per heavy atom. The Kier molecular flexibility index (Phi) is 3.62. The number of piperidine rings is 1. The Labute approximate surface area is 99.7 Å². The van der Waals surface area contributed by atoms with Crippen molar-refractivity contribution in [3.05, 3.63) is 29.8 Å². The van der Waals surface area contributed by atoms with Crippen molar-refractivity contribution in [2.24, 2.45) is 5.92 Å². The number of rotatable bonds is 3. The molecule has 2 rings (SSSR count). The van der Waals surface area contributed by atoms with E-state index in [1.165, 1.54) is 6.07 Å². The second kappa shape index (κ2) is 5.00. The molecule has 0 aromatic heterocycles. The van der Waals surface area contributed by atoms with Gasteiger partial charge < -0.3 is 10.4 Å². The van der Waals surface area contributed by atoms with Gasteiger partial charge in [0, 0.05) is 18.9 Å². The van der Waals surface area contributed by atoms with Crippen LogP contribution in [0.1, 0.15) is 18.4 Å². The monoisotopic (exact) mass is 241 g/mol. The maximum Gasteiger partial charge on any atom is 0.256 e. The summed E-state index contributed by atoms with van der Waals surface area (Å²) < 4.78 is 28.0. The fraction of sp³-hybridized carbons (Fsp3) is 0.538. The van der Waals surface area contributed by atoms with Crippen LogP contribution in [0.15, 0.2) is 24.3 Å². The highest BCUT2D eigenvalue weighted by atomic mass is 19.3. The number of nitrogens with one attached hydrogen (secondary N) is 1. The third-order valence-electron chi connectivity index (χ3n) is 3.31. The molecule has 1 unspecified atom stereocenters. The number of benzene rings is 1. The van der Waals surface area contributed by atoms with Gasteiger partial charge in [-0.1, -0.05) is 18.2 Å². The normalized spacial score (nSPS) is 21.4. The fourth-order valence-corrected chi connectivity index (χ4v) is 2.27. The van der Waals surface area contributed by atoms with Crippen molar-refractivity contribution >= 4 is 0 Å². The zero-order valence-corrected chi connectivity index (χ0v) is 9.63. The van der Waals surface area contributed by atoms with Crippen molar-refractivity contribution in [1.29, 1.82) is 0 Å². The molecule has 0 bridgehead atoms. The van der Waals surface area contributed by atoms with E-state index in [1.807, 2.05) is 0 Å². The number of aromatic hydroxyl groups is 1. The molecule has 2 N–H and O–H groups in total. The van der Waals surface area contributed by atoms with Crippen LogP contribution in [0.4, 0.5) is 8.78 Å². The number of halogens is 2. The zero-order valence-electron chi connectivity index (χ0n) is 9.63. The summed E-state index contributed by atoms with van der Waals surface area (Å²) in [6.45, 7) is 1.18. The van der Waals surface area contributed by atoms with Crippen molar-refractivity contribution < 1.29 is 13.9 Å².